The van der Waals surface area contributed by atoms with Crippen LogP contribution in [0.5, 0.6) is 0 Å². The molecule has 0 aromatic carbocycles. The lowest BCUT2D eigenvalue weighted by atomic mass is 9.93. The third-order valence-electron chi connectivity index (χ3n) is 4.14. The summed E-state index contributed by atoms with van der Waals surface area (Å²) < 4.78 is 1.92. The molecule has 1 N–H and O–H groups in total. The molecule has 1 rings (SSSR count). The summed E-state index contributed by atoms with van der Waals surface area (Å²) in [5.74, 6) is 0.734. The molecule has 0 aliphatic carbocycles. The van der Waals surface area contributed by atoms with E-state index in [2.05, 4.69) is 69.2 Å². The smallest absolute Gasteiger partial charge is 0.0965 e. The molecule has 1 aromatic rings. The number of aromatic nitrogens is 3. The second kappa shape index (κ2) is 7.90. The first-order valence-electron chi connectivity index (χ1n) is 8.08. The highest BCUT2D eigenvalue weighted by atomic mass is 15.4. The van der Waals surface area contributed by atoms with Crippen molar-refractivity contribution in [1.82, 2.24) is 25.2 Å². The molecule has 0 aliphatic heterocycles. The SMILES string of the molecule is CCC(CC)C(CNCc1cn(C(C)(C)C)nn1)N(C)C. The van der Waals surface area contributed by atoms with E-state index in [1.807, 2.05) is 10.9 Å². The Morgan fingerprint density at radius 2 is 1.86 bits per heavy atom. The van der Waals surface area contributed by atoms with Crippen LogP contribution in [0.3, 0.4) is 0 Å². The van der Waals surface area contributed by atoms with Gasteiger partial charge in [-0.15, -0.1) is 5.10 Å². The highest BCUT2D eigenvalue weighted by Crippen LogP contribution is 2.16. The first kappa shape index (κ1) is 18.1. The van der Waals surface area contributed by atoms with Gasteiger partial charge in [-0.05, 0) is 40.8 Å². The number of likely N-dealkylation sites (N-methyl/N-ethyl adjacent to an activating group) is 1. The molecule has 0 spiro atoms. The summed E-state index contributed by atoms with van der Waals surface area (Å²) in [7, 11) is 4.33. The summed E-state index contributed by atoms with van der Waals surface area (Å²) in [6.07, 6.45) is 4.48. The van der Waals surface area contributed by atoms with Crippen LogP contribution < -0.4 is 5.32 Å². The second-order valence-corrected chi connectivity index (χ2v) is 7.06. The van der Waals surface area contributed by atoms with Crippen LogP contribution in [0.2, 0.25) is 0 Å². The minimum absolute atomic E-state index is 0.00701. The molecule has 21 heavy (non-hydrogen) atoms. The van der Waals surface area contributed by atoms with Gasteiger partial charge in [0, 0.05) is 19.1 Å². The van der Waals surface area contributed by atoms with E-state index < -0.39 is 0 Å². The highest BCUT2D eigenvalue weighted by Gasteiger charge is 2.20. The molecule has 5 nitrogen and oxygen atoms in total. The minimum atomic E-state index is -0.00701. The zero-order valence-electron chi connectivity index (χ0n) is 14.8. The molecule has 0 radical (unpaired) electrons. The Balaban J connectivity index is 2.52. The van der Waals surface area contributed by atoms with Gasteiger partial charge in [-0.2, -0.15) is 0 Å². The van der Waals surface area contributed by atoms with Gasteiger partial charge >= 0.3 is 0 Å². The fraction of sp³-hybridized carbons (Fsp3) is 0.875. The van der Waals surface area contributed by atoms with E-state index in [4.69, 9.17) is 0 Å². The monoisotopic (exact) mass is 295 g/mol. The molecule has 1 atom stereocenters. The summed E-state index contributed by atoms with van der Waals surface area (Å²) in [5, 5.41) is 12.0. The Morgan fingerprint density at radius 1 is 1.24 bits per heavy atom. The zero-order chi connectivity index (χ0) is 16.0. The van der Waals surface area contributed by atoms with Crippen LogP contribution >= 0.6 is 0 Å². The van der Waals surface area contributed by atoms with Crippen molar-refractivity contribution in [2.24, 2.45) is 5.92 Å². The lowest BCUT2D eigenvalue weighted by molar-refractivity contribution is 0.193. The van der Waals surface area contributed by atoms with E-state index in [1.54, 1.807) is 0 Å². The third-order valence-corrected chi connectivity index (χ3v) is 4.14. The van der Waals surface area contributed by atoms with E-state index in [-0.39, 0.29) is 5.54 Å². The molecular formula is C16H33N5. The minimum Gasteiger partial charge on any atom is -0.309 e. The predicted octanol–water partition coefficient (Wildman–Crippen LogP) is 2.49. The molecule has 5 heteroatoms. The molecule has 1 aromatic heterocycles. The molecule has 122 valence electrons. The maximum Gasteiger partial charge on any atom is 0.0965 e. The Kier molecular flexibility index (Phi) is 6.81. The molecule has 1 unspecified atom stereocenters. The van der Waals surface area contributed by atoms with Gasteiger partial charge in [-0.25, -0.2) is 4.68 Å². The maximum absolute atomic E-state index is 4.25. The topological polar surface area (TPSA) is 46.0 Å². The molecule has 0 amide bonds. The quantitative estimate of drug-likeness (QED) is 0.800. The largest absolute Gasteiger partial charge is 0.309 e. The van der Waals surface area contributed by atoms with E-state index in [0.29, 0.717) is 6.04 Å². The van der Waals surface area contributed by atoms with Gasteiger partial charge in [0.1, 0.15) is 0 Å². The predicted molar refractivity (Wildman–Crippen MR) is 88.3 cm³/mol. The maximum atomic E-state index is 4.25. The average Bonchev–Trinajstić information content (AvgIpc) is 2.86. The van der Waals surface area contributed by atoms with Gasteiger partial charge in [0.05, 0.1) is 17.4 Å². The van der Waals surface area contributed by atoms with Crippen molar-refractivity contribution >= 4 is 0 Å². The number of hydrogen-bond donors (Lipinski definition) is 1. The van der Waals surface area contributed by atoms with Crippen molar-refractivity contribution in [3.05, 3.63) is 11.9 Å². The zero-order valence-corrected chi connectivity index (χ0v) is 14.8. The van der Waals surface area contributed by atoms with Gasteiger partial charge < -0.3 is 10.2 Å². The molecule has 0 aliphatic rings. The highest BCUT2D eigenvalue weighted by molar-refractivity contribution is 4.94. The number of hydrogen-bond acceptors (Lipinski definition) is 4. The van der Waals surface area contributed by atoms with E-state index in [9.17, 15) is 0 Å². The third kappa shape index (κ3) is 5.40. The fourth-order valence-electron chi connectivity index (χ4n) is 2.66. The van der Waals surface area contributed by atoms with E-state index in [1.165, 1.54) is 12.8 Å². The lowest BCUT2D eigenvalue weighted by Gasteiger charge is -2.31. The van der Waals surface area contributed by atoms with Crippen molar-refractivity contribution in [2.75, 3.05) is 20.6 Å². The van der Waals surface area contributed by atoms with Crippen LogP contribution in [-0.4, -0.2) is 46.6 Å². The van der Waals surface area contributed by atoms with Crippen LogP contribution in [0.25, 0.3) is 0 Å². The van der Waals surface area contributed by atoms with Crippen LogP contribution in [0, 0.1) is 5.92 Å². The summed E-state index contributed by atoms with van der Waals surface area (Å²) >= 11 is 0. The average molecular weight is 295 g/mol. The van der Waals surface area contributed by atoms with Gasteiger partial charge in [0.15, 0.2) is 0 Å². The van der Waals surface area contributed by atoms with Crippen molar-refractivity contribution < 1.29 is 0 Å². The van der Waals surface area contributed by atoms with E-state index >= 15 is 0 Å². The van der Waals surface area contributed by atoms with Gasteiger partial charge in [-0.3, -0.25) is 0 Å². The number of nitrogens with one attached hydrogen (secondary N) is 1. The Bertz CT molecular complexity index is 401. The lowest BCUT2D eigenvalue weighted by Crippen LogP contribution is -2.42. The normalized spacial score (nSPS) is 14.1. The summed E-state index contributed by atoms with van der Waals surface area (Å²) in [4.78, 5) is 2.33. The van der Waals surface area contributed by atoms with Crippen molar-refractivity contribution in [2.45, 2.75) is 65.6 Å². The molecule has 1 heterocycles. The molecular weight excluding hydrogens is 262 g/mol. The van der Waals surface area contributed by atoms with Gasteiger partial charge in [0.2, 0.25) is 0 Å². The van der Waals surface area contributed by atoms with Crippen molar-refractivity contribution in [3.63, 3.8) is 0 Å². The Hall–Kier alpha value is -0.940. The Morgan fingerprint density at radius 3 is 2.29 bits per heavy atom. The first-order chi connectivity index (χ1) is 9.79. The summed E-state index contributed by atoms with van der Waals surface area (Å²) in [6, 6.07) is 0.567. The first-order valence-corrected chi connectivity index (χ1v) is 8.08. The molecule has 0 fully saturated rings. The Labute approximate surface area is 130 Å². The summed E-state index contributed by atoms with van der Waals surface area (Å²) in [6.45, 7) is 12.7. The molecule has 0 saturated carbocycles. The second-order valence-electron chi connectivity index (χ2n) is 7.06. The van der Waals surface area contributed by atoms with Gasteiger partial charge in [0.25, 0.3) is 0 Å². The number of rotatable bonds is 8. The fourth-order valence-corrected chi connectivity index (χ4v) is 2.66. The van der Waals surface area contributed by atoms with Crippen LogP contribution in [0.4, 0.5) is 0 Å². The van der Waals surface area contributed by atoms with Crippen molar-refractivity contribution in [1.29, 1.82) is 0 Å². The standard InChI is InChI=1S/C16H33N5/c1-8-13(9-2)15(20(6)7)11-17-10-14-12-21(19-18-14)16(3,4)5/h12-13,15,17H,8-11H2,1-7H3. The van der Waals surface area contributed by atoms with Gasteiger partial charge in [-0.1, -0.05) is 31.9 Å². The van der Waals surface area contributed by atoms with E-state index in [0.717, 1.165) is 24.7 Å². The van der Waals surface area contributed by atoms with Crippen LogP contribution in [0.1, 0.15) is 53.2 Å². The van der Waals surface area contributed by atoms with Crippen LogP contribution in [-0.2, 0) is 12.1 Å². The number of nitrogens with zero attached hydrogens (tertiary/aromatic N) is 4. The molecule has 0 saturated heterocycles. The van der Waals surface area contributed by atoms with Crippen molar-refractivity contribution in [3.8, 4) is 0 Å². The summed E-state index contributed by atoms with van der Waals surface area (Å²) in [5.41, 5.74) is 0.999. The van der Waals surface area contributed by atoms with Crippen LogP contribution in [0.15, 0.2) is 6.20 Å². The molecule has 0 bridgehead atoms.